The maximum Gasteiger partial charge on any atom is 0.160 e. The molecule has 0 bridgehead atoms. The average Bonchev–Trinajstić information content (AvgIpc) is 2.77. The van der Waals surface area contributed by atoms with Gasteiger partial charge in [0.25, 0.3) is 0 Å². The van der Waals surface area contributed by atoms with Crippen molar-refractivity contribution in [2.75, 3.05) is 13.7 Å². The minimum atomic E-state index is -2.20. The van der Waals surface area contributed by atoms with Gasteiger partial charge in [-0.25, -0.2) is 0 Å². The second-order valence-corrected chi connectivity index (χ2v) is 9.71. The van der Waals surface area contributed by atoms with Crippen LogP contribution in [-0.2, 0) is 9.53 Å². The summed E-state index contributed by atoms with van der Waals surface area (Å²) >= 11 is 0. The lowest BCUT2D eigenvalue weighted by atomic mass is 10.3. The number of ketones is 1. The Morgan fingerprint density at radius 2 is 1.18 bits per heavy atom. The number of carbonyl (C=O) groups is 1. The predicted molar refractivity (Wildman–Crippen MR) is 122 cm³/mol. The molecule has 0 saturated heterocycles. The third kappa shape index (κ3) is 4.59. The Labute approximate surface area is 167 Å². The van der Waals surface area contributed by atoms with Crippen LogP contribution in [0.2, 0.25) is 0 Å². The molecule has 0 aromatic heterocycles. The van der Waals surface area contributed by atoms with Crippen LogP contribution in [0.15, 0.2) is 103 Å². The van der Waals surface area contributed by atoms with Crippen molar-refractivity contribution in [2.24, 2.45) is 0 Å². The molecule has 0 saturated carbocycles. The number of rotatable bonds is 8. The molecule has 0 amide bonds. The van der Waals surface area contributed by atoms with Crippen LogP contribution in [0.5, 0.6) is 0 Å². The summed E-state index contributed by atoms with van der Waals surface area (Å²) in [5, 5.41) is 3.55. The summed E-state index contributed by atoms with van der Waals surface area (Å²) in [6, 6.07) is 31.2. The molecule has 0 fully saturated rings. The summed E-state index contributed by atoms with van der Waals surface area (Å²) in [5.74, 6) is 2.10. The third-order valence-electron chi connectivity index (χ3n) is 4.58. The third-order valence-corrected chi connectivity index (χ3v) is 8.59. The number of ether oxygens (including phenoxy) is 1. The van der Waals surface area contributed by atoms with Gasteiger partial charge in [0, 0.05) is 13.5 Å². The highest BCUT2D eigenvalue weighted by Crippen LogP contribution is 2.43. The minimum absolute atomic E-state index is 0.122. The van der Waals surface area contributed by atoms with E-state index in [1.54, 1.807) is 7.11 Å². The summed E-state index contributed by atoms with van der Waals surface area (Å²) in [4.78, 5) is 13.0. The molecule has 0 N–H and O–H groups in total. The van der Waals surface area contributed by atoms with Crippen LogP contribution in [0.1, 0.15) is 6.42 Å². The van der Waals surface area contributed by atoms with Gasteiger partial charge in [0.1, 0.15) is 0 Å². The first-order valence-corrected chi connectivity index (χ1v) is 11.2. The van der Waals surface area contributed by atoms with Crippen molar-refractivity contribution in [3.8, 4) is 0 Å². The fourth-order valence-electron chi connectivity index (χ4n) is 3.29. The molecule has 3 heteroatoms. The predicted octanol–water partition coefficient (Wildman–Crippen LogP) is 3.94. The highest BCUT2D eigenvalue weighted by Gasteiger charge is 2.25. The SMILES string of the molecule is COCC=CCC(=O)C=P(c1ccccc1)(c1ccccc1)c1ccccc1. The van der Waals surface area contributed by atoms with Gasteiger partial charge in [-0.1, -0.05) is 103 Å². The van der Waals surface area contributed by atoms with E-state index in [1.807, 2.05) is 72.5 Å². The van der Waals surface area contributed by atoms with Gasteiger partial charge in [0.15, 0.2) is 5.78 Å². The summed E-state index contributed by atoms with van der Waals surface area (Å²) in [6.45, 7) is -1.69. The van der Waals surface area contributed by atoms with Gasteiger partial charge in [0.05, 0.1) is 6.61 Å². The second-order valence-electron chi connectivity index (χ2n) is 6.46. The lowest BCUT2D eigenvalue weighted by molar-refractivity contribution is -0.111. The number of Topliss-reactive ketones (excluding diaryl/α,β-unsaturated/α-hetero) is 1. The second kappa shape index (κ2) is 10.0. The van der Waals surface area contributed by atoms with Gasteiger partial charge in [-0.3, -0.25) is 4.79 Å². The molecule has 2 nitrogen and oxygen atoms in total. The van der Waals surface area contributed by atoms with Crippen LogP contribution >= 0.6 is 6.89 Å². The van der Waals surface area contributed by atoms with Crippen molar-refractivity contribution in [1.82, 2.24) is 0 Å². The van der Waals surface area contributed by atoms with Crippen molar-refractivity contribution in [1.29, 1.82) is 0 Å². The van der Waals surface area contributed by atoms with E-state index in [-0.39, 0.29) is 5.78 Å². The Morgan fingerprint density at radius 1 is 0.750 bits per heavy atom. The average molecular weight is 388 g/mol. The van der Waals surface area contributed by atoms with E-state index in [4.69, 9.17) is 4.74 Å². The Hall–Kier alpha value is -2.67. The van der Waals surface area contributed by atoms with Gasteiger partial charge in [-0.15, -0.1) is 0 Å². The maximum atomic E-state index is 13.0. The first-order valence-electron chi connectivity index (χ1n) is 9.35. The van der Waals surface area contributed by atoms with Crippen LogP contribution < -0.4 is 15.9 Å². The molecule has 3 aromatic carbocycles. The van der Waals surface area contributed by atoms with Crippen molar-refractivity contribution in [2.45, 2.75) is 6.42 Å². The van der Waals surface area contributed by atoms with Gasteiger partial charge < -0.3 is 4.74 Å². The van der Waals surface area contributed by atoms with Gasteiger partial charge in [-0.2, -0.15) is 0 Å². The number of hydrogen-bond donors (Lipinski definition) is 0. The number of hydrogen-bond acceptors (Lipinski definition) is 2. The van der Waals surface area contributed by atoms with E-state index >= 15 is 0 Å². The van der Waals surface area contributed by atoms with E-state index in [2.05, 4.69) is 36.4 Å². The summed E-state index contributed by atoms with van der Waals surface area (Å²) in [5.41, 5.74) is 0. The minimum Gasteiger partial charge on any atom is -0.381 e. The largest absolute Gasteiger partial charge is 0.381 e. The van der Waals surface area contributed by atoms with Crippen molar-refractivity contribution >= 4 is 34.4 Å². The van der Waals surface area contributed by atoms with Crippen molar-refractivity contribution in [3.63, 3.8) is 0 Å². The molecule has 3 rings (SSSR count). The molecule has 0 spiro atoms. The van der Waals surface area contributed by atoms with Crippen molar-refractivity contribution in [3.05, 3.63) is 103 Å². The van der Waals surface area contributed by atoms with Gasteiger partial charge >= 0.3 is 0 Å². The van der Waals surface area contributed by atoms with E-state index < -0.39 is 6.89 Å². The molecule has 0 aliphatic carbocycles. The molecule has 0 aliphatic rings. The molecular weight excluding hydrogens is 363 g/mol. The summed E-state index contributed by atoms with van der Waals surface area (Å²) in [6.07, 6.45) is 4.15. The molecule has 0 atom stereocenters. The topological polar surface area (TPSA) is 26.3 Å². The molecule has 0 aliphatic heterocycles. The van der Waals surface area contributed by atoms with E-state index in [0.717, 1.165) is 0 Å². The zero-order valence-electron chi connectivity index (χ0n) is 16.1. The normalized spacial score (nSPS) is 11.5. The summed E-state index contributed by atoms with van der Waals surface area (Å²) in [7, 11) is 1.65. The first kappa shape index (κ1) is 20.1. The molecule has 0 heterocycles. The fraction of sp³-hybridized carbons (Fsp3) is 0.120. The quantitative estimate of drug-likeness (QED) is 0.432. The molecular formula is C25H25O2P. The zero-order valence-corrected chi connectivity index (χ0v) is 17.0. The summed E-state index contributed by atoms with van der Waals surface area (Å²) < 4.78 is 5.03. The molecule has 142 valence electrons. The molecule has 3 aromatic rings. The Balaban J connectivity index is 2.22. The Bertz CT molecular complexity index is 858. The van der Waals surface area contributed by atoms with Crippen LogP contribution in [0.25, 0.3) is 0 Å². The van der Waals surface area contributed by atoms with Crippen LogP contribution in [0.3, 0.4) is 0 Å². The van der Waals surface area contributed by atoms with Crippen LogP contribution in [0, 0.1) is 0 Å². The van der Waals surface area contributed by atoms with E-state index in [0.29, 0.717) is 13.0 Å². The smallest absolute Gasteiger partial charge is 0.160 e. The Kier molecular flexibility index (Phi) is 7.19. The monoisotopic (exact) mass is 388 g/mol. The zero-order chi connectivity index (χ0) is 19.7. The lowest BCUT2D eigenvalue weighted by Gasteiger charge is -2.28. The maximum absolute atomic E-state index is 13.0. The molecule has 0 radical (unpaired) electrons. The Morgan fingerprint density at radius 3 is 1.57 bits per heavy atom. The lowest BCUT2D eigenvalue weighted by Crippen LogP contribution is -2.28. The van der Waals surface area contributed by atoms with E-state index in [1.165, 1.54) is 15.9 Å². The molecule has 28 heavy (non-hydrogen) atoms. The van der Waals surface area contributed by atoms with Gasteiger partial charge in [-0.05, 0) is 28.6 Å². The standard InChI is InChI=1S/C25H25O2P/c1-27-20-12-11-13-22(26)21-28(23-14-5-2-6-15-23,24-16-7-3-8-17-24)25-18-9-4-10-19-25/h2-12,14-19,21H,13,20H2,1H3. The highest BCUT2D eigenvalue weighted by molar-refractivity contribution is 7.95. The van der Waals surface area contributed by atoms with Crippen LogP contribution in [-0.4, -0.2) is 25.3 Å². The number of benzene rings is 3. The van der Waals surface area contributed by atoms with E-state index in [9.17, 15) is 4.79 Å². The number of carbonyl (C=O) groups excluding carboxylic acids is 1. The fourth-order valence-corrected chi connectivity index (χ4v) is 7.10. The highest BCUT2D eigenvalue weighted by atomic mass is 31.2. The van der Waals surface area contributed by atoms with Crippen molar-refractivity contribution < 1.29 is 9.53 Å². The molecule has 0 unspecified atom stereocenters. The van der Waals surface area contributed by atoms with Gasteiger partial charge in [0.2, 0.25) is 0 Å². The van der Waals surface area contributed by atoms with Crippen LogP contribution in [0.4, 0.5) is 0 Å². The number of methoxy groups -OCH3 is 1. The number of allylic oxidation sites excluding steroid dienone is 1. The first-order chi connectivity index (χ1) is 13.8.